The molecule has 2 unspecified atom stereocenters. The summed E-state index contributed by atoms with van der Waals surface area (Å²) in [4.78, 5) is 69.8. The molecule has 65 heavy (non-hydrogen) atoms. The van der Waals surface area contributed by atoms with Crippen LogP contribution in [0, 0.1) is 40.5 Å². The molecule has 23 heteroatoms. The van der Waals surface area contributed by atoms with Crippen molar-refractivity contribution < 1.29 is 37.0 Å². The Kier molecular flexibility index (Phi) is 7.10. The topological polar surface area (TPSA) is 256 Å². The molecule has 0 fully saturated rings. The molecular weight excluding hydrogens is 861 g/mol. The summed E-state index contributed by atoms with van der Waals surface area (Å²) in [6.07, 6.45) is 0.622. The van der Waals surface area contributed by atoms with Crippen LogP contribution >= 0.6 is 0 Å². The van der Waals surface area contributed by atoms with Crippen molar-refractivity contribution in [2.45, 2.75) is 65.6 Å². The summed E-state index contributed by atoms with van der Waals surface area (Å²) in [5.41, 5.74) is 0.686. The Hall–Kier alpha value is -8.02. The molecule has 22 nitrogen and oxygen atoms in total. The van der Waals surface area contributed by atoms with E-state index >= 15 is 0 Å². The fraction of sp³-hybridized carbons (Fsp3) is 0.238. The Morgan fingerprint density at radius 2 is 0.985 bits per heavy atom. The quantitative estimate of drug-likeness (QED) is 0.0745. The fourth-order valence-corrected chi connectivity index (χ4v) is 20.6. The first-order valence-electron chi connectivity index (χ1n) is 21.0. The van der Waals surface area contributed by atoms with Crippen LogP contribution in [0.5, 0.6) is 0 Å². The van der Waals surface area contributed by atoms with E-state index in [1.807, 2.05) is 27.7 Å². The second-order valence-electron chi connectivity index (χ2n) is 17.2. The Labute approximate surface area is 363 Å². The van der Waals surface area contributed by atoms with Crippen LogP contribution in [-0.4, -0.2) is 80.0 Å². The van der Waals surface area contributed by atoms with Crippen LogP contribution in [0.25, 0.3) is 21.5 Å². The van der Waals surface area contributed by atoms with E-state index in [-0.39, 0.29) is 90.6 Å². The summed E-state index contributed by atoms with van der Waals surface area (Å²) in [5.74, 6) is 0.961. The zero-order valence-electron chi connectivity index (χ0n) is 34.9. The van der Waals surface area contributed by atoms with Gasteiger partial charge in [0.1, 0.15) is 0 Å². The van der Waals surface area contributed by atoms with Crippen LogP contribution in [0.1, 0.15) is 75.6 Å². The van der Waals surface area contributed by atoms with Gasteiger partial charge in [0.25, 0.3) is 0 Å². The average Bonchev–Trinajstić information content (AvgIpc) is 3.98. The first kappa shape index (κ1) is 38.6. The summed E-state index contributed by atoms with van der Waals surface area (Å²) in [6, 6.07) is 17.3. The predicted molar refractivity (Wildman–Crippen MR) is 234 cm³/mol. The Balaban J connectivity index is 1.47. The van der Waals surface area contributed by atoms with Crippen molar-refractivity contribution in [1.29, 1.82) is 0 Å². The molecule has 4 aromatic carbocycles. The standard InChI is InChI=1S/C42H34N12O10Si/c1-5-7-21(3)63-65(64-22(4)8-6-2)47-35-27-13-9-23(51(55)56)17-31(27)39(47)44-36-29-15-11-25(53(59)60)19-33(29)41(49(36)65)46-38-30-16-12-26(54(61)62)20-34(30)42(50(38)65)45-37-28-14-10-24(52(57)58)18-32(28)40(43-35)48(37)65/h9-22H,5-8H2,1-4H3. The van der Waals surface area contributed by atoms with Gasteiger partial charge in [-0.15, -0.1) is 0 Å². The third-order valence-corrected chi connectivity index (χ3v) is 21.0. The maximum atomic E-state index is 12.6. The summed E-state index contributed by atoms with van der Waals surface area (Å²) in [5, 5.41) is 51.7. The number of hydrogen-bond acceptors (Lipinski definition) is 14. The number of benzene rings is 4. The molecule has 12 rings (SSSR count). The van der Waals surface area contributed by atoms with Crippen molar-refractivity contribution >= 4 is 87.0 Å². The molecule has 0 amide bonds. The van der Waals surface area contributed by atoms with Gasteiger partial charge in [0, 0.05) is 0 Å². The minimum atomic E-state index is -7.32. The number of hydrogen-bond donors (Lipinski definition) is 0. The monoisotopic (exact) mass is 894 g/mol. The van der Waals surface area contributed by atoms with Gasteiger partial charge in [-0.2, -0.15) is 0 Å². The number of rotatable bonds is 12. The van der Waals surface area contributed by atoms with Crippen molar-refractivity contribution in [3.05, 3.63) is 146 Å². The van der Waals surface area contributed by atoms with Gasteiger partial charge in [0.2, 0.25) is 0 Å². The number of aliphatic imine (C=N–C) groups is 2. The molecule has 2 atom stereocenters. The van der Waals surface area contributed by atoms with Crippen LogP contribution in [0.15, 0.2) is 92.8 Å². The molecule has 0 saturated carbocycles. The van der Waals surface area contributed by atoms with Crippen molar-refractivity contribution in [2.24, 2.45) is 20.0 Å². The van der Waals surface area contributed by atoms with Crippen molar-refractivity contribution in [1.82, 2.24) is 8.47 Å². The predicted octanol–water partition coefficient (Wildman–Crippen LogP) is 6.37. The molecule has 326 valence electrons. The first-order valence-corrected chi connectivity index (χ1v) is 23.6. The molecule has 8 heterocycles. The molecule has 0 aliphatic carbocycles. The van der Waals surface area contributed by atoms with Gasteiger partial charge in [-0.3, -0.25) is 0 Å². The Bertz CT molecular complexity index is 3700. The summed E-state index contributed by atoms with van der Waals surface area (Å²) in [6.45, 7) is 7.78. The zero-order chi connectivity index (χ0) is 45.3. The van der Waals surface area contributed by atoms with Gasteiger partial charge in [0.05, 0.1) is 0 Å². The van der Waals surface area contributed by atoms with E-state index in [0.717, 1.165) is 0 Å². The Morgan fingerprint density at radius 1 is 0.538 bits per heavy atom. The van der Waals surface area contributed by atoms with E-state index in [2.05, 4.69) is 0 Å². The summed E-state index contributed by atoms with van der Waals surface area (Å²) < 4.78 is 23.9. The second-order valence-corrected chi connectivity index (χ2v) is 22.3. The van der Waals surface area contributed by atoms with Crippen LogP contribution in [-0.2, 0) is 8.85 Å². The van der Waals surface area contributed by atoms with Gasteiger partial charge in [-0.1, -0.05) is 0 Å². The third kappa shape index (κ3) is 4.08. The molecule has 0 bridgehead atoms. The van der Waals surface area contributed by atoms with E-state index in [1.54, 1.807) is 41.2 Å². The first-order chi connectivity index (χ1) is 31.1. The van der Waals surface area contributed by atoms with Crippen molar-refractivity contribution in [3.8, 4) is 0 Å². The minimum absolute atomic E-state index is 0.140. The normalized spacial score (nSPS) is 19.5. The van der Waals surface area contributed by atoms with Crippen LogP contribution in [0.2, 0.25) is 0 Å². The number of nitro benzene ring substituents is 4. The van der Waals surface area contributed by atoms with Crippen molar-refractivity contribution in [3.63, 3.8) is 0 Å². The van der Waals surface area contributed by atoms with E-state index in [9.17, 15) is 40.5 Å². The Morgan fingerprint density at radius 3 is 1.55 bits per heavy atom. The molecule has 2 aromatic heterocycles. The van der Waals surface area contributed by atoms with Crippen molar-refractivity contribution in [2.75, 3.05) is 0 Å². The number of nitrogens with zero attached hydrogens (tertiary/aromatic N) is 12. The number of nitro groups is 4. The van der Waals surface area contributed by atoms with Crippen LogP contribution < -0.4 is 11.0 Å². The molecule has 6 aliphatic rings. The maximum absolute atomic E-state index is 12.6. The second kappa shape index (κ2) is 12.0. The summed E-state index contributed by atoms with van der Waals surface area (Å²) >= 11 is 0. The van der Waals surface area contributed by atoms with Crippen LogP contribution in [0.4, 0.5) is 34.4 Å². The molecule has 6 aromatic rings. The molecule has 0 N–H and O–H groups in total. The molecule has 1 spiro atoms. The SMILES string of the molecule is CCCC(C)O[Si-2]123(OC(C)CCC)n4c5c6cc([N+](=O)[O-])ccc6c4N=C4c6cc([N+](=O)[O-])ccc6C(=[N+]41)N=c1c4cc([N+](=O)[O-])ccc4c(n12)=NC1=[N+]3C(=N5)c2ccc([N+](=O)[O-])cc21. The molecule has 0 radical (unpaired) electrons. The third-order valence-electron chi connectivity index (χ3n) is 13.6. The van der Waals surface area contributed by atoms with Gasteiger partial charge in [-0.25, -0.2) is 0 Å². The number of non-ortho nitro benzene ring substituents is 4. The van der Waals surface area contributed by atoms with E-state index in [4.69, 9.17) is 28.8 Å². The zero-order valence-corrected chi connectivity index (χ0v) is 35.9. The van der Waals surface area contributed by atoms with Gasteiger partial charge >= 0.3 is 365 Å². The average molecular weight is 895 g/mol. The number of aromatic nitrogens is 2. The molecular formula is C42H34N12O10Si. The summed E-state index contributed by atoms with van der Waals surface area (Å²) in [7, 11) is -7.32. The van der Waals surface area contributed by atoms with Gasteiger partial charge < -0.3 is 0 Å². The number of fused-ring (bicyclic) bond motifs is 12. The molecule has 0 saturated heterocycles. The fourth-order valence-electron chi connectivity index (χ4n) is 11.4. The number of amidine groups is 4. The van der Waals surface area contributed by atoms with E-state index in [1.165, 1.54) is 48.5 Å². The van der Waals surface area contributed by atoms with Crippen LogP contribution in [0.3, 0.4) is 0 Å². The van der Waals surface area contributed by atoms with Gasteiger partial charge in [-0.05, 0) is 0 Å². The van der Waals surface area contributed by atoms with E-state index in [0.29, 0.717) is 47.6 Å². The van der Waals surface area contributed by atoms with Gasteiger partial charge in [0.15, 0.2) is 0 Å². The van der Waals surface area contributed by atoms with E-state index < -0.39 is 39.7 Å². The molecule has 6 aliphatic heterocycles.